The molecule has 2 atom stereocenters. The van der Waals surface area contributed by atoms with Crippen molar-refractivity contribution in [3.05, 3.63) is 41.4 Å². The summed E-state index contributed by atoms with van der Waals surface area (Å²) in [7, 11) is -3.94. The van der Waals surface area contributed by atoms with Crippen molar-refractivity contribution in [3.63, 3.8) is 0 Å². The number of rotatable bonds is 8. The van der Waals surface area contributed by atoms with Crippen LogP contribution in [0.4, 0.5) is 0 Å². The molecule has 0 spiro atoms. The Morgan fingerprint density at radius 2 is 1.97 bits per heavy atom. The van der Waals surface area contributed by atoms with Crippen LogP contribution >= 0.6 is 11.6 Å². The molecule has 2 amide bonds. The minimum Gasteiger partial charge on any atom is -0.395 e. The molecule has 0 aliphatic carbocycles. The molecule has 1 heterocycles. The van der Waals surface area contributed by atoms with Crippen molar-refractivity contribution in [2.45, 2.75) is 37.2 Å². The molecule has 0 unspecified atom stereocenters. The summed E-state index contributed by atoms with van der Waals surface area (Å²) in [6.07, 6.45) is 0.269. The molecule has 10 heteroatoms. The molecule has 0 aromatic heterocycles. The lowest BCUT2D eigenvalue weighted by Gasteiger charge is -2.29. The quantitative estimate of drug-likeness (QED) is 0.613. The number of carbonyl (C=O) groups excluding carboxylic acids is 2. The molecule has 31 heavy (non-hydrogen) atoms. The number of aliphatic hydroxyl groups is 1. The first-order valence-electron chi connectivity index (χ1n) is 10.1. The molecule has 168 valence electrons. The SMILES string of the molecule is CCN(CCO)C(=O)[C@H](C)N1CC[C@H](NS(=O)(=O)c2ccc3cc(Cl)ccc3c2)C1=O. The molecule has 2 N–H and O–H groups in total. The first-order valence-corrected chi connectivity index (χ1v) is 12.0. The van der Waals surface area contributed by atoms with Crippen LogP contribution in [0.15, 0.2) is 41.3 Å². The van der Waals surface area contributed by atoms with Crippen LogP contribution in [0.5, 0.6) is 0 Å². The van der Waals surface area contributed by atoms with Crippen LogP contribution in [-0.2, 0) is 19.6 Å². The van der Waals surface area contributed by atoms with Crippen LogP contribution in [0, 0.1) is 0 Å². The second-order valence-electron chi connectivity index (χ2n) is 7.46. The van der Waals surface area contributed by atoms with Gasteiger partial charge in [-0.15, -0.1) is 0 Å². The fourth-order valence-corrected chi connectivity index (χ4v) is 5.19. The topological polar surface area (TPSA) is 107 Å². The number of carbonyl (C=O) groups is 2. The van der Waals surface area contributed by atoms with Crippen LogP contribution in [-0.4, -0.2) is 73.5 Å². The summed E-state index contributed by atoms with van der Waals surface area (Å²) in [6.45, 7) is 4.11. The normalized spacial score (nSPS) is 17.9. The van der Waals surface area contributed by atoms with E-state index in [1.807, 2.05) is 0 Å². The summed E-state index contributed by atoms with van der Waals surface area (Å²) in [5.41, 5.74) is 0. The van der Waals surface area contributed by atoms with Gasteiger partial charge in [0.2, 0.25) is 21.8 Å². The minimum atomic E-state index is -3.94. The Labute approximate surface area is 186 Å². The highest BCUT2D eigenvalue weighted by Crippen LogP contribution is 2.24. The lowest BCUT2D eigenvalue weighted by atomic mass is 10.1. The number of benzene rings is 2. The van der Waals surface area contributed by atoms with Gasteiger partial charge in [-0.3, -0.25) is 9.59 Å². The van der Waals surface area contributed by atoms with Gasteiger partial charge in [-0.2, -0.15) is 4.72 Å². The Morgan fingerprint density at radius 1 is 1.29 bits per heavy atom. The van der Waals surface area contributed by atoms with Gasteiger partial charge in [-0.25, -0.2) is 8.42 Å². The van der Waals surface area contributed by atoms with Crippen molar-refractivity contribution in [2.24, 2.45) is 0 Å². The maximum Gasteiger partial charge on any atom is 0.245 e. The summed E-state index contributed by atoms with van der Waals surface area (Å²) >= 11 is 5.97. The molecule has 1 aliphatic rings. The average Bonchev–Trinajstić information content (AvgIpc) is 3.09. The van der Waals surface area contributed by atoms with Crippen LogP contribution in [0.2, 0.25) is 5.02 Å². The van der Waals surface area contributed by atoms with Gasteiger partial charge >= 0.3 is 0 Å². The van der Waals surface area contributed by atoms with Crippen molar-refractivity contribution >= 4 is 44.2 Å². The molecule has 0 radical (unpaired) electrons. The monoisotopic (exact) mass is 467 g/mol. The third-order valence-electron chi connectivity index (χ3n) is 5.51. The number of hydrogen-bond acceptors (Lipinski definition) is 5. The summed E-state index contributed by atoms with van der Waals surface area (Å²) in [5, 5.41) is 11.2. The van der Waals surface area contributed by atoms with Crippen molar-refractivity contribution < 1.29 is 23.1 Å². The van der Waals surface area contributed by atoms with Gasteiger partial charge in [-0.1, -0.05) is 23.7 Å². The number of hydrogen-bond donors (Lipinski definition) is 2. The number of amides is 2. The fraction of sp³-hybridized carbons (Fsp3) is 0.429. The van der Waals surface area contributed by atoms with Crippen molar-refractivity contribution in [3.8, 4) is 0 Å². The summed E-state index contributed by atoms with van der Waals surface area (Å²) in [4.78, 5) is 28.4. The Hall–Kier alpha value is -2.20. The van der Waals surface area contributed by atoms with Gasteiger partial charge < -0.3 is 14.9 Å². The van der Waals surface area contributed by atoms with Crippen molar-refractivity contribution in [1.29, 1.82) is 0 Å². The molecule has 2 aromatic carbocycles. The van der Waals surface area contributed by atoms with Gasteiger partial charge in [0.15, 0.2) is 0 Å². The largest absolute Gasteiger partial charge is 0.395 e. The Kier molecular flexibility index (Phi) is 7.20. The van der Waals surface area contributed by atoms with E-state index in [0.29, 0.717) is 11.6 Å². The van der Waals surface area contributed by atoms with Gasteiger partial charge in [0.1, 0.15) is 12.1 Å². The van der Waals surface area contributed by atoms with E-state index in [1.54, 1.807) is 38.1 Å². The van der Waals surface area contributed by atoms with E-state index in [0.717, 1.165) is 10.8 Å². The highest BCUT2D eigenvalue weighted by atomic mass is 35.5. The third-order valence-corrected chi connectivity index (χ3v) is 7.21. The number of fused-ring (bicyclic) bond motifs is 1. The molecule has 2 aromatic rings. The molecule has 1 fully saturated rings. The highest BCUT2D eigenvalue weighted by Gasteiger charge is 2.39. The van der Waals surface area contributed by atoms with Gasteiger partial charge in [0, 0.05) is 24.7 Å². The molecule has 1 aliphatic heterocycles. The Balaban J connectivity index is 1.73. The highest BCUT2D eigenvalue weighted by molar-refractivity contribution is 7.89. The smallest absolute Gasteiger partial charge is 0.245 e. The van der Waals surface area contributed by atoms with E-state index >= 15 is 0 Å². The first-order chi connectivity index (χ1) is 14.7. The Bertz CT molecular complexity index is 1090. The number of sulfonamides is 1. The standard InChI is InChI=1S/C21H26ClN3O5S/c1-3-24(10-11-26)20(27)14(2)25-9-8-19(21(25)28)23-31(29,30)18-7-5-15-12-17(22)6-4-16(15)13-18/h4-7,12-14,19,23,26H,3,8-11H2,1-2H3/t14-,19-/m0/s1. The molecule has 8 nitrogen and oxygen atoms in total. The summed E-state index contributed by atoms with van der Waals surface area (Å²) in [5.74, 6) is -0.710. The molecule has 1 saturated heterocycles. The summed E-state index contributed by atoms with van der Waals surface area (Å²) < 4.78 is 28.2. The minimum absolute atomic E-state index is 0.0535. The van der Waals surface area contributed by atoms with E-state index in [2.05, 4.69) is 4.72 Å². The molecule has 3 rings (SSSR count). The van der Waals surface area contributed by atoms with E-state index < -0.39 is 28.0 Å². The van der Waals surface area contributed by atoms with Crippen molar-refractivity contribution in [2.75, 3.05) is 26.2 Å². The number of likely N-dealkylation sites (tertiary alicyclic amines) is 1. The van der Waals surface area contributed by atoms with Gasteiger partial charge in [0.25, 0.3) is 0 Å². The maximum absolute atomic E-state index is 12.9. The molecule has 0 saturated carbocycles. The molecule has 0 bridgehead atoms. The number of nitrogens with zero attached hydrogens (tertiary/aromatic N) is 2. The van der Waals surface area contributed by atoms with Crippen LogP contribution in [0.1, 0.15) is 20.3 Å². The number of nitrogens with one attached hydrogen (secondary N) is 1. The van der Waals surface area contributed by atoms with Gasteiger partial charge in [0.05, 0.1) is 11.5 Å². The fourth-order valence-electron chi connectivity index (χ4n) is 3.76. The number of halogens is 1. The zero-order chi connectivity index (χ0) is 22.8. The third kappa shape index (κ3) is 5.01. The number of likely N-dealkylation sites (N-methyl/N-ethyl adjacent to an activating group) is 1. The average molecular weight is 468 g/mol. The zero-order valence-corrected chi connectivity index (χ0v) is 19.0. The van der Waals surface area contributed by atoms with Gasteiger partial charge in [-0.05, 0) is 55.3 Å². The lowest BCUT2D eigenvalue weighted by molar-refractivity contribution is -0.143. The van der Waals surface area contributed by atoms with Crippen LogP contribution in [0.25, 0.3) is 10.8 Å². The lowest BCUT2D eigenvalue weighted by Crippen LogP contribution is -2.50. The van der Waals surface area contributed by atoms with Crippen molar-refractivity contribution in [1.82, 2.24) is 14.5 Å². The predicted octanol–water partition coefficient (Wildman–Crippen LogP) is 1.60. The Morgan fingerprint density at radius 3 is 2.65 bits per heavy atom. The van der Waals surface area contributed by atoms with E-state index in [1.165, 1.54) is 21.9 Å². The molecular formula is C21H26ClN3O5S. The van der Waals surface area contributed by atoms with Crippen LogP contribution in [0.3, 0.4) is 0 Å². The second-order valence-corrected chi connectivity index (χ2v) is 9.62. The van der Waals surface area contributed by atoms with E-state index in [-0.39, 0.29) is 36.9 Å². The first kappa shape index (κ1) is 23.5. The number of aliphatic hydroxyl groups excluding tert-OH is 1. The van der Waals surface area contributed by atoms with E-state index in [4.69, 9.17) is 16.7 Å². The van der Waals surface area contributed by atoms with Crippen LogP contribution < -0.4 is 4.72 Å². The second kappa shape index (κ2) is 9.52. The predicted molar refractivity (Wildman–Crippen MR) is 118 cm³/mol. The summed E-state index contributed by atoms with van der Waals surface area (Å²) in [6, 6.07) is 8.16. The zero-order valence-electron chi connectivity index (χ0n) is 17.4. The maximum atomic E-state index is 12.9. The van der Waals surface area contributed by atoms with E-state index in [9.17, 15) is 18.0 Å². The molecular weight excluding hydrogens is 442 g/mol.